The van der Waals surface area contributed by atoms with Gasteiger partial charge in [0.05, 0.1) is 23.1 Å². The summed E-state index contributed by atoms with van der Waals surface area (Å²) in [5.41, 5.74) is 0.618. The molecule has 1 saturated carbocycles. The molecule has 5 rings (SSSR count). The van der Waals surface area contributed by atoms with E-state index >= 15 is 0 Å². The molecule has 3 aliphatic carbocycles. The molecule has 1 aromatic carbocycles. The van der Waals surface area contributed by atoms with E-state index in [-0.39, 0.29) is 35.5 Å². The van der Waals surface area contributed by atoms with E-state index in [0.717, 1.165) is 17.9 Å². The van der Waals surface area contributed by atoms with E-state index in [0.29, 0.717) is 15.6 Å². The number of amides is 2. The maximum atomic E-state index is 12.6. The fourth-order valence-electron chi connectivity index (χ4n) is 3.90. The maximum absolute atomic E-state index is 12.6. The van der Waals surface area contributed by atoms with Gasteiger partial charge < -0.3 is 0 Å². The first-order valence-corrected chi connectivity index (χ1v) is 8.37. The van der Waals surface area contributed by atoms with Crippen molar-refractivity contribution in [1.82, 2.24) is 5.01 Å². The summed E-state index contributed by atoms with van der Waals surface area (Å²) in [6.07, 6.45) is 7.57. The number of carbonyl (C=O) groups is 2. The van der Waals surface area contributed by atoms with Gasteiger partial charge in [0, 0.05) is 10.6 Å². The van der Waals surface area contributed by atoms with Gasteiger partial charge in [-0.1, -0.05) is 41.4 Å². The number of fused-ring (bicyclic) bond motifs is 1. The molecule has 1 aliphatic heterocycles. The lowest BCUT2D eigenvalue weighted by Gasteiger charge is -2.37. The Morgan fingerprint density at radius 2 is 1.65 bits per heavy atom. The molecule has 2 amide bonds. The number of hydrogen-bond donors (Lipinski definition) is 0. The van der Waals surface area contributed by atoms with Gasteiger partial charge in [-0.05, 0) is 36.8 Å². The van der Waals surface area contributed by atoms with Crippen LogP contribution in [0.15, 0.2) is 35.5 Å². The average molecular weight is 349 g/mol. The van der Waals surface area contributed by atoms with Gasteiger partial charge >= 0.3 is 0 Å². The molecule has 0 aromatic heterocycles. The third-order valence-corrected chi connectivity index (χ3v) is 5.57. The zero-order valence-corrected chi connectivity index (χ0v) is 13.7. The largest absolute Gasteiger partial charge is 0.272 e. The first-order chi connectivity index (χ1) is 11.1. The summed E-state index contributed by atoms with van der Waals surface area (Å²) >= 11 is 11.9. The number of halogens is 2. The van der Waals surface area contributed by atoms with Crippen molar-refractivity contribution >= 4 is 41.2 Å². The Hall–Kier alpha value is -1.65. The van der Waals surface area contributed by atoms with Crippen molar-refractivity contribution in [2.75, 3.05) is 0 Å². The predicted octanol–water partition coefficient (Wildman–Crippen LogP) is 3.52. The van der Waals surface area contributed by atoms with E-state index < -0.39 is 0 Å². The predicted molar refractivity (Wildman–Crippen MR) is 88.2 cm³/mol. The smallest absolute Gasteiger partial charge is 0.254 e. The van der Waals surface area contributed by atoms with Crippen molar-refractivity contribution in [3.05, 3.63) is 46.0 Å². The monoisotopic (exact) mass is 348 g/mol. The van der Waals surface area contributed by atoms with Crippen molar-refractivity contribution in [2.24, 2.45) is 28.8 Å². The number of hydrazone groups is 1. The van der Waals surface area contributed by atoms with E-state index in [4.69, 9.17) is 23.2 Å². The molecular formula is C17H14Cl2N2O2. The van der Waals surface area contributed by atoms with E-state index in [1.54, 1.807) is 18.2 Å². The molecule has 0 N–H and O–H groups in total. The van der Waals surface area contributed by atoms with Gasteiger partial charge in [-0.2, -0.15) is 10.1 Å². The van der Waals surface area contributed by atoms with Gasteiger partial charge in [-0.25, -0.2) is 0 Å². The minimum absolute atomic E-state index is 0.167. The molecule has 2 bridgehead atoms. The Labute approximate surface area is 143 Å². The van der Waals surface area contributed by atoms with Gasteiger partial charge in [-0.15, -0.1) is 0 Å². The first-order valence-electron chi connectivity index (χ1n) is 7.61. The molecule has 4 aliphatic rings. The molecule has 4 nitrogen and oxygen atoms in total. The topological polar surface area (TPSA) is 49.7 Å². The quantitative estimate of drug-likeness (QED) is 0.466. The summed E-state index contributed by atoms with van der Waals surface area (Å²) in [5.74, 6) is -0.546. The summed E-state index contributed by atoms with van der Waals surface area (Å²) in [7, 11) is 0. The second-order valence-electron chi connectivity index (χ2n) is 6.24. The summed E-state index contributed by atoms with van der Waals surface area (Å²) in [5, 5.41) is 6.10. The average Bonchev–Trinajstić information content (AvgIpc) is 2.82. The molecule has 0 radical (unpaired) electrons. The number of benzene rings is 1. The van der Waals surface area contributed by atoms with Crippen LogP contribution >= 0.6 is 23.2 Å². The van der Waals surface area contributed by atoms with Crippen LogP contribution in [0.2, 0.25) is 10.0 Å². The molecule has 118 valence electrons. The summed E-state index contributed by atoms with van der Waals surface area (Å²) < 4.78 is 0. The summed E-state index contributed by atoms with van der Waals surface area (Å²) in [6.45, 7) is 0. The standard InChI is InChI=1S/C17H14Cl2N2O2/c18-12-6-5-11(13(19)7-12)8-20-21-16(22)14-9-1-2-10(4-3-9)15(14)17(21)23/h1-2,5-10,14-15H,3-4H2/b20-8-/t9-,10-,14-,15-/m1/s1. The van der Waals surface area contributed by atoms with Crippen LogP contribution in [0.4, 0.5) is 0 Å². The lowest BCUT2D eigenvalue weighted by molar-refractivity contribution is -0.140. The maximum Gasteiger partial charge on any atom is 0.254 e. The van der Waals surface area contributed by atoms with Gasteiger partial charge in [0.25, 0.3) is 11.8 Å². The number of carbonyl (C=O) groups excluding carboxylic acids is 2. The van der Waals surface area contributed by atoms with E-state index in [1.807, 2.05) is 0 Å². The number of allylic oxidation sites excluding steroid dienone is 2. The Bertz CT molecular complexity index is 727. The molecule has 2 fully saturated rings. The molecule has 0 unspecified atom stereocenters. The van der Waals surface area contributed by atoms with E-state index in [1.165, 1.54) is 6.21 Å². The minimum Gasteiger partial charge on any atom is -0.272 e. The lowest BCUT2D eigenvalue weighted by Crippen LogP contribution is -2.38. The molecular weight excluding hydrogens is 335 g/mol. The van der Waals surface area contributed by atoms with Crippen LogP contribution in [0.3, 0.4) is 0 Å². The van der Waals surface area contributed by atoms with Crippen LogP contribution in [0.25, 0.3) is 0 Å². The lowest BCUT2D eigenvalue weighted by atomic mass is 9.63. The van der Waals surface area contributed by atoms with Crippen LogP contribution < -0.4 is 0 Å². The molecule has 0 spiro atoms. The Morgan fingerprint density at radius 3 is 2.17 bits per heavy atom. The molecule has 1 saturated heterocycles. The zero-order valence-electron chi connectivity index (χ0n) is 12.2. The third kappa shape index (κ3) is 2.32. The first kappa shape index (κ1) is 14.9. The third-order valence-electron chi connectivity index (χ3n) is 5.01. The highest BCUT2D eigenvalue weighted by Crippen LogP contribution is 2.49. The van der Waals surface area contributed by atoms with Crippen LogP contribution in [0, 0.1) is 23.7 Å². The second kappa shape index (κ2) is 5.46. The fourth-order valence-corrected chi connectivity index (χ4v) is 4.36. The highest BCUT2D eigenvalue weighted by Gasteiger charge is 2.56. The summed E-state index contributed by atoms with van der Waals surface area (Å²) in [4.78, 5) is 25.2. The van der Waals surface area contributed by atoms with Crippen LogP contribution in [0.1, 0.15) is 18.4 Å². The molecule has 1 aromatic rings. The van der Waals surface area contributed by atoms with Gasteiger partial charge in [-0.3, -0.25) is 9.59 Å². The Morgan fingerprint density at radius 1 is 1.04 bits per heavy atom. The van der Waals surface area contributed by atoms with Crippen molar-refractivity contribution in [3.63, 3.8) is 0 Å². The number of nitrogens with zero attached hydrogens (tertiary/aromatic N) is 2. The normalized spacial score (nSPS) is 32.2. The number of rotatable bonds is 2. The van der Waals surface area contributed by atoms with Crippen molar-refractivity contribution in [1.29, 1.82) is 0 Å². The number of hydrogen-bond acceptors (Lipinski definition) is 3. The molecule has 4 atom stereocenters. The second-order valence-corrected chi connectivity index (χ2v) is 7.08. The molecule has 1 heterocycles. The minimum atomic E-state index is -0.246. The fraction of sp³-hybridized carbons (Fsp3) is 0.353. The Balaban J connectivity index is 1.62. The molecule has 6 heteroatoms. The van der Waals surface area contributed by atoms with Gasteiger partial charge in [0.2, 0.25) is 0 Å². The van der Waals surface area contributed by atoms with Gasteiger partial charge in [0.15, 0.2) is 0 Å². The van der Waals surface area contributed by atoms with Crippen molar-refractivity contribution in [3.8, 4) is 0 Å². The van der Waals surface area contributed by atoms with Crippen LogP contribution in [0.5, 0.6) is 0 Å². The number of imide groups is 1. The highest BCUT2D eigenvalue weighted by molar-refractivity contribution is 6.36. The highest BCUT2D eigenvalue weighted by atomic mass is 35.5. The van der Waals surface area contributed by atoms with Crippen LogP contribution in [-0.4, -0.2) is 23.0 Å². The Kier molecular flexibility index (Phi) is 3.54. The van der Waals surface area contributed by atoms with E-state index in [2.05, 4.69) is 17.3 Å². The van der Waals surface area contributed by atoms with Crippen LogP contribution in [-0.2, 0) is 9.59 Å². The van der Waals surface area contributed by atoms with Crippen molar-refractivity contribution < 1.29 is 9.59 Å². The summed E-state index contributed by atoms with van der Waals surface area (Å²) in [6, 6.07) is 4.99. The van der Waals surface area contributed by atoms with Crippen molar-refractivity contribution in [2.45, 2.75) is 12.8 Å². The molecule has 23 heavy (non-hydrogen) atoms. The SMILES string of the molecule is O=C1[C@H]2[C@H](C(=O)N1/N=C\c1ccc(Cl)cc1Cl)[C@@H]1C=C[C@@H]2CC1. The van der Waals surface area contributed by atoms with E-state index in [9.17, 15) is 9.59 Å². The van der Waals surface area contributed by atoms with Gasteiger partial charge in [0.1, 0.15) is 0 Å². The zero-order chi connectivity index (χ0) is 16.1.